The number of rotatable bonds is 10. The van der Waals surface area contributed by atoms with Crippen molar-refractivity contribution in [2.45, 2.75) is 46.4 Å². The number of allylic oxidation sites excluding steroid dienone is 1. The number of aromatic nitrogens is 1. The normalized spacial score (nSPS) is 15.4. The van der Waals surface area contributed by atoms with E-state index in [1.165, 1.54) is 23.0 Å². The van der Waals surface area contributed by atoms with Gasteiger partial charge < -0.3 is 28.4 Å². The molecule has 2 aliphatic rings. The van der Waals surface area contributed by atoms with Gasteiger partial charge in [0.1, 0.15) is 18.4 Å². The molecule has 0 fully saturated rings. The monoisotopic (exact) mass is 676 g/mol. The van der Waals surface area contributed by atoms with Crippen LogP contribution in [0.15, 0.2) is 75.7 Å². The number of ether oxygens (including phenoxy) is 6. The third-order valence-electron chi connectivity index (χ3n) is 7.46. The molecular formula is C35H33ClN2O8S. The van der Waals surface area contributed by atoms with E-state index in [4.69, 9.17) is 40.0 Å². The van der Waals surface area contributed by atoms with Gasteiger partial charge in [0, 0.05) is 5.56 Å². The van der Waals surface area contributed by atoms with Gasteiger partial charge in [-0.05, 0) is 75.2 Å². The zero-order chi connectivity index (χ0) is 33.2. The lowest BCUT2D eigenvalue weighted by Gasteiger charge is -2.26. The van der Waals surface area contributed by atoms with E-state index in [-0.39, 0.29) is 37.2 Å². The summed E-state index contributed by atoms with van der Waals surface area (Å²) >= 11 is 7.92. The van der Waals surface area contributed by atoms with E-state index in [0.29, 0.717) is 59.9 Å². The van der Waals surface area contributed by atoms with Crippen molar-refractivity contribution in [2.24, 2.45) is 4.99 Å². The van der Waals surface area contributed by atoms with Crippen molar-refractivity contribution in [3.63, 3.8) is 0 Å². The fourth-order valence-electron chi connectivity index (χ4n) is 5.45. The minimum Gasteiger partial charge on any atom is -0.493 e. The molecule has 0 spiro atoms. The fraction of sp³-hybridized carbons (Fsp3) is 0.286. The molecule has 47 heavy (non-hydrogen) atoms. The van der Waals surface area contributed by atoms with E-state index < -0.39 is 12.0 Å². The van der Waals surface area contributed by atoms with Crippen molar-refractivity contribution < 1.29 is 33.2 Å². The molecule has 2 aliphatic heterocycles. The summed E-state index contributed by atoms with van der Waals surface area (Å²) in [6.45, 7) is 7.90. The van der Waals surface area contributed by atoms with Gasteiger partial charge in [-0.2, -0.15) is 0 Å². The predicted molar refractivity (Wildman–Crippen MR) is 178 cm³/mol. The first-order valence-corrected chi connectivity index (χ1v) is 16.2. The smallest absolute Gasteiger partial charge is 0.338 e. The Morgan fingerprint density at radius 2 is 1.91 bits per heavy atom. The van der Waals surface area contributed by atoms with Gasteiger partial charge in [-0.25, -0.2) is 9.79 Å². The Kier molecular flexibility index (Phi) is 9.28. The Hall–Kier alpha value is -4.74. The molecule has 10 nitrogen and oxygen atoms in total. The molecule has 0 saturated heterocycles. The number of hydrogen-bond acceptors (Lipinski definition) is 10. The second-order valence-electron chi connectivity index (χ2n) is 11.0. The highest BCUT2D eigenvalue weighted by Crippen LogP contribution is 2.39. The van der Waals surface area contributed by atoms with Crippen molar-refractivity contribution in [1.29, 1.82) is 0 Å². The molecule has 3 aromatic carbocycles. The van der Waals surface area contributed by atoms with Crippen LogP contribution in [0, 0.1) is 0 Å². The molecule has 6 rings (SSSR count). The zero-order valence-corrected chi connectivity index (χ0v) is 28.1. The molecule has 244 valence electrons. The summed E-state index contributed by atoms with van der Waals surface area (Å²) in [6, 6.07) is 15.6. The van der Waals surface area contributed by atoms with E-state index in [0.717, 1.165) is 5.56 Å². The summed E-state index contributed by atoms with van der Waals surface area (Å²) in [6.07, 6.45) is 1.59. The highest BCUT2D eigenvalue weighted by molar-refractivity contribution is 7.07. The maximum absolute atomic E-state index is 14.2. The number of methoxy groups -OCH3 is 1. The number of thiazole rings is 1. The fourth-order valence-corrected chi connectivity index (χ4v) is 6.77. The number of halogens is 1. The second-order valence-corrected chi connectivity index (χ2v) is 12.4. The van der Waals surface area contributed by atoms with Gasteiger partial charge in [-0.3, -0.25) is 9.36 Å². The van der Waals surface area contributed by atoms with Gasteiger partial charge in [-0.15, -0.1) is 0 Å². The number of benzene rings is 3. The van der Waals surface area contributed by atoms with Crippen LogP contribution in [0.5, 0.6) is 28.7 Å². The van der Waals surface area contributed by atoms with E-state index in [9.17, 15) is 9.59 Å². The minimum atomic E-state index is -0.813. The quantitative estimate of drug-likeness (QED) is 0.201. The molecule has 0 unspecified atom stereocenters. The molecule has 0 N–H and O–H groups in total. The Labute approximate surface area is 280 Å². The molecule has 0 amide bonds. The average Bonchev–Trinajstić information content (AvgIpc) is 3.63. The van der Waals surface area contributed by atoms with E-state index in [1.807, 2.05) is 56.3 Å². The van der Waals surface area contributed by atoms with Crippen molar-refractivity contribution in [3.05, 3.63) is 107 Å². The Morgan fingerprint density at radius 1 is 1.13 bits per heavy atom. The molecule has 3 heterocycles. The maximum atomic E-state index is 14.2. The largest absolute Gasteiger partial charge is 0.493 e. The number of fused-ring (bicyclic) bond motifs is 2. The van der Waals surface area contributed by atoms with E-state index in [1.54, 1.807) is 32.1 Å². The highest BCUT2D eigenvalue weighted by Gasteiger charge is 2.35. The van der Waals surface area contributed by atoms with Crippen molar-refractivity contribution >= 4 is 35.0 Å². The van der Waals surface area contributed by atoms with Crippen LogP contribution < -0.4 is 38.6 Å². The second kappa shape index (κ2) is 13.5. The number of para-hydroxylation sites is 1. The Morgan fingerprint density at radius 3 is 2.68 bits per heavy atom. The third-order valence-corrected chi connectivity index (χ3v) is 8.73. The van der Waals surface area contributed by atoms with Crippen molar-refractivity contribution in [1.82, 2.24) is 4.57 Å². The maximum Gasteiger partial charge on any atom is 0.338 e. The van der Waals surface area contributed by atoms with E-state index in [2.05, 4.69) is 4.99 Å². The number of carbonyl (C=O) groups is 1. The molecule has 12 heteroatoms. The number of hydrogen-bond donors (Lipinski definition) is 0. The molecule has 4 aromatic rings. The summed E-state index contributed by atoms with van der Waals surface area (Å²) < 4.78 is 36.0. The lowest BCUT2D eigenvalue weighted by atomic mass is 9.95. The van der Waals surface area contributed by atoms with Crippen LogP contribution in [0.25, 0.3) is 6.08 Å². The SMILES string of the molecule is CCOC(=O)C1=C(C)N=c2s/c(=C/c3cc(Cl)c(OCc4ccc5c(c4)OCO5)c(OC)c3)c(=O)n2[C@@H]1c1ccccc1OC(C)C. The van der Waals surface area contributed by atoms with Crippen molar-refractivity contribution in [2.75, 3.05) is 20.5 Å². The standard InChI is InChI=1S/C35H33ClN2O8S/c1-6-42-34(40)30-20(4)37-35-38(31(30)23-9-7-8-10-25(23)46-19(2)3)33(39)29(47-35)16-22-13-24(36)32(28(15-22)41-5)43-17-21-11-12-26-27(14-21)45-18-44-26/h7-16,19,31H,6,17-18H2,1-5H3/b29-16+/t31-/m1/s1. The molecule has 1 atom stereocenters. The van der Waals surface area contributed by atoms with Crippen LogP contribution in [-0.4, -0.2) is 37.1 Å². The lowest BCUT2D eigenvalue weighted by molar-refractivity contribution is -0.139. The van der Waals surface area contributed by atoms with Crippen LogP contribution in [0.4, 0.5) is 0 Å². The van der Waals surface area contributed by atoms with Gasteiger partial charge in [0.2, 0.25) is 6.79 Å². The molecular weight excluding hydrogens is 644 g/mol. The van der Waals surface area contributed by atoms with Crippen LogP contribution in [0.2, 0.25) is 5.02 Å². The van der Waals surface area contributed by atoms with Gasteiger partial charge >= 0.3 is 5.97 Å². The lowest BCUT2D eigenvalue weighted by Crippen LogP contribution is -2.40. The summed E-state index contributed by atoms with van der Waals surface area (Å²) in [5.74, 6) is 2.12. The predicted octanol–water partition coefficient (Wildman–Crippen LogP) is 5.56. The number of nitrogens with zero attached hydrogens (tertiary/aromatic N) is 2. The van der Waals surface area contributed by atoms with Gasteiger partial charge in [0.25, 0.3) is 5.56 Å². The first-order chi connectivity index (χ1) is 22.7. The molecule has 1 aromatic heterocycles. The summed E-state index contributed by atoms with van der Waals surface area (Å²) in [5.41, 5.74) is 2.55. The third kappa shape index (κ3) is 6.45. The van der Waals surface area contributed by atoms with Crippen LogP contribution in [0.1, 0.15) is 50.4 Å². The Bertz CT molecular complexity index is 2070. The highest BCUT2D eigenvalue weighted by atomic mass is 35.5. The van der Waals surface area contributed by atoms with Gasteiger partial charge in [0.05, 0.1) is 40.6 Å². The zero-order valence-electron chi connectivity index (χ0n) is 26.5. The minimum absolute atomic E-state index is 0.133. The Balaban J connectivity index is 1.40. The van der Waals surface area contributed by atoms with Crippen molar-refractivity contribution in [3.8, 4) is 28.7 Å². The topological polar surface area (TPSA) is 107 Å². The number of esters is 1. The molecule has 0 saturated carbocycles. The molecule has 0 bridgehead atoms. The summed E-state index contributed by atoms with van der Waals surface area (Å²) in [5, 5.41) is 0.308. The molecule has 0 radical (unpaired) electrons. The van der Waals surface area contributed by atoms with Crippen LogP contribution >= 0.6 is 22.9 Å². The first-order valence-electron chi connectivity index (χ1n) is 15.0. The average molecular weight is 677 g/mol. The number of carbonyl (C=O) groups excluding carboxylic acids is 1. The van der Waals surface area contributed by atoms with Crippen LogP contribution in [0.3, 0.4) is 0 Å². The van der Waals surface area contributed by atoms with Gasteiger partial charge in [-0.1, -0.05) is 47.2 Å². The van der Waals surface area contributed by atoms with Crippen LogP contribution in [-0.2, 0) is 16.1 Å². The summed E-state index contributed by atoms with van der Waals surface area (Å²) in [7, 11) is 1.52. The van der Waals surface area contributed by atoms with E-state index >= 15 is 0 Å². The molecule has 0 aliphatic carbocycles. The summed E-state index contributed by atoms with van der Waals surface area (Å²) in [4.78, 5) is 32.6. The van der Waals surface area contributed by atoms with Gasteiger partial charge in [0.15, 0.2) is 27.8 Å². The first kappa shape index (κ1) is 32.2.